The highest BCUT2D eigenvalue weighted by molar-refractivity contribution is 5.72. The van der Waals surface area contributed by atoms with Gasteiger partial charge in [0.1, 0.15) is 11.0 Å². The SMILES string of the molecule is CCOC(CCn1nc2ccccc2n1)OCC. The van der Waals surface area contributed by atoms with Gasteiger partial charge >= 0.3 is 0 Å². The van der Waals surface area contributed by atoms with Gasteiger partial charge in [0.05, 0.1) is 6.54 Å². The third-order valence-corrected chi connectivity index (χ3v) is 2.60. The smallest absolute Gasteiger partial charge is 0.159 e. The van der Waals surface area contributed by atoms with E-state index in [-0.39, 0.29) is 6.29 Å². The molecule has 0 N–H and O–H groups in total. The van der Waals surface area contributed by atoms with Gasteiger partial charge in [0, 0.05) is 19.6 Å². The molecule has 1 aromatic carbocycles. The van der Waals surface area contributed by atoms with Crippen LogP contribution in [0.2, 0.25) is 0 Å². The fraction of sp³-hybridized carbons (Fsp3) is 0.538. The fourth-order valence-electron chi connectivity index (χ4n) is 1.81. The van der Waals surface area contributed by atoms with Gasteiger partial charge in [-0.2, -0.15) is 15.0 Å². The molecule has 0 amide bonds. The van der Waals surface area contributed by atoms with Crippen molar-refractivity contribution in [2.75, 3.05) is 13.2 Å². The zero-order valence-corrected chi connectivity index (χ0v) is 10.9. The molecule has 0 aliphatic heterocycles. The maximum Gasteiger partial charge on any atom is 0.159 e. The Bertz CT molecular complexity index is 445. The predicted octanol–water partition coefficient (Wildman–Crippen LogP) is 2.22. The van der Waals surface area contributed by atoms with Crippen molar-refractivity contribution in [1.29, 1.82) is 0 Å². The molecular formula is C13H19N3O2. The fourth-order valence-corrected chi connectivity index (χ4v) is 1.81. The van der Waals surface area contributed by atoms with Crippen molar-refractivity contribution < 1.29 is 9.47 Å². The Morgan fingerprint density at radius 1 is 1.06 bits per heavy atom. The Morgan fingerprint density at radius 3 is 2.11 bits per heavy atom. The monoisotopic (exact) mass is 249 g/mol. The number of nitrogens with zero attached hydrogens (tertiary/aromatic N) is 3. The van der Waals surface area contributed by atoms with Crippen molar-refractivity contribution in [3.05, 3.63) is 24.3 Å². The molecule has 0 saturated carbocycles. The normalized spacial score (nSPS) is 11.5. The van der Waals surface area contributed by atoms with Gasteiger partial charge in [-0.25, -0.2) is 0 Å². The summed E-state index contributed by atoms with van der Waals surface area (Å²) in [6.07, 6.45) is 0.581. The van der Waals surface area contributed by atoms with Crippen LogP contribution in [0, 0.1) is 0 Å². The lowest BCUT2D eigenvalue weighted by Gasteiger charge is -2.16. The average Bonchev–Trinajstić information content (AvgIpc) is 2.79. The minimum absolute atomic E-state index is 0.172. The molecule has 0 unspecified atom stereocenters. The van der Waals surface area contributed by atoms with Crippen molar-refractivity contribution in [1.82, 2.24) is 15.0 Å². The van der Waals surface area contributed by atoms with E-state index in [1.165, 1.54) is 0 Å². The van der Waals surface area contributed by atoms with E-state index in [1.54, 1.807) is 4.80 Å². The summed E-state index contributed by atoms with van der Waals surface area (Å²) >= 11 is 0. The van der Waals surface area contributed by atoms with E-state index in [4.69, 9.17) is 9.47 Å². The zero-order valence-electron chi connectivity index (χ0n) is 10.9. The summed E-state index contributed by atoms with van der Waals surface area (Å²) in [6.45, 7) is 5.93. The van der Waals surface area contributed by atoms with Gasteiger partial charge in [-0.15, -0.1) is 0 Å². The Labute approximate surface area is 107 Å². The van der Waals surface area contributed by atoms with Gasteiger partial charge in [0.25, 0.3) is 0 Å². The summed E-state index contributed by atoms with van der Waals surface area (Å²) in [7, 11) is 0. The van der Waals surface area contributed by atoms with Gasteiger partial charge in [0.15, 0.2) is 6.29 Å². The summed E-state index contributed by atoms with van der Waals surface area (Å²) < 4.78 is 11.0. The largest absolute Gasteiger partial charge is 0.353 e. The van der Waals surface area contributed by atoms with Crippen LogP contribution in [-0.4, -0.2) is 34.5 Å². The number of benzene rings is 1. The van der Waals surface area contributed by atoms with Crippen LogP contribution in [0.4, 0.5) is 0 Å². The molecule has 0 saturated heterocycles. The molecule has 0 atom stereocenters. The van der Waals surface area contributed by atoms with Gasteiger partial charge in [-0.05, 0) is 26.0 Å². The maximum atomic E-state index is 5.49. The van der Waals surface area contributed by atoms with Gasteiger partial charge < -0.3 is 9.47 Å². The number of aromatic nitrogens is 3. The first-order valence-electron chi connectivity index (χ1n) is 6.36. The Morgan fingerprint density at radius 2 is 1.61 bits per heavy atom. The summed E-state index contributed by atoms with van der Waals surface area (Å²) in [5.74, 6) is 0. The summed E-state index contributed by atoms with van der Waals surface area (Å²) in [5, 5.41) is 8.80. The average molecular weight is 249 g/mol. The molecule has 1 heterocycles. The summed E-state index contributed by atoms with van der Waals surface area (Å²) in [4.78, 5) is 1.70. The van der Waals surface area contributed by atoms with E-state index in [2.05, 4.69) is 10.2 Å². The van der Waals surface area contributed by atoms with E-state index in [9.17, 15) is 0 Å². The molecule has 0 spiro atoms. The molecule has 18 heavy (non-hydrogen) atoms. The van der Waals surface area contributed by atoms with Crippen LogP contribution in [-0.2, 0) is 16.0 Å². The van der Waals surface area contributed by atoms with Crippen molar-refractivity contribution >= 4 is 11.0 Å². The summed E-state index contributed by atoms with van der Waals surface area (Å²) in [6, 6.07) is 7.85. The minimum atomic E-state index is -0.172. The third-order valence-electron chi connectivity index (χ3n) is 2.60. The maximum absolute atomic E-state index is 5.49. The predicted molar refractivity (Wildman–Crippen MR) is 69.2 cm³/mol. The van der Waals surface area contributed by atoms with Crippen molar-refractivity contribution in [3.63, 3.8) is 0 Å². The lowest BCUT2D eigenvalue weighted by molar-refractivity contribution is -0.141. The number of hydrogen-bond acceptors (Lipinski definition) is 4. The van der Waals surface area contributed by atoms with Crippen LogP contribution in [0.25, 0.3) is 11.0 Å². The number of ether oxygens (including phenoxy) is 2. The lowest BCUT2D eigenvalue weighted by atomic mass is 10.3. The molecule has 2 aromatic rings. The number of hydrogen-bond donors (Lipinski definition) is 0. The van der Waals surface area contributed by atoms with Crippen LogP contribution in [0.1, 0.15) is 20.3 Å². The topological polar surface area (TPSA) is 49.2 Å². The molecule has 5 heteroatoms. The molecule has 2 rings (SSSR count). The van der Waals surface area contributed by atoms with E-state index in [0.29, 0.717) is 19.8 Å². The van der Waals surface area contributed by atoms with Crippen LogP contribution < -0.4 is 0 Å². The highest BCUT2D eigenvalue weighted by Gasteiger charge is 2.09. The van der Waals surface area contributed by atoms with E-state index < -0.39 is 0 Å². The Balaban J connectivity index is 1.95. The number of rotatable bonds is 7. The molecule has 0 radical (unpaired) electrons. The van der Waals surface area contributed by atoms with E-state index in [1.807, 2.05) is 38.1 Å². The number of fused-ring (bicyclic) bond motifs is 1. The van der Waals surface area contributed by atoms with Crippen LogP contribution in [0.5, 0.6) is 0 Å². The molecular weight excluding hydrogens is 230 g/mol. The third kappa shape index (κ3) is 3.27. The Hall–Kier alpha value is -1.46. The standard InChI is InChI=1S/C13H19N3O2/c1-3-17-13(18-4-2)9-10-16-14-11-7-5-6-8-12(11)15-16/h5-8,13H,3-4,9-10H2,1-2H3. The van der Waals surface area contributed by atoms with Crippen LogP contribution >= 0.6 is 0 Å². The van der Waals surface area contributed by atoms with Gasteiger partial charge in [-0.3, -0.25) is 0 Å². The second-order valence-corrected chi connectivity index (χ2v) is 3.91. The van der Waals surface area contributed by atoms with E-state index >= 15 is 0 Å². The van der Waals surface area contributed by atoms with Gasteiger partial charge in [0.2, 0.25) is 0 Å². The second-order valence-electron chi connectivity index (χ2n) is 3.91. The van der Waals surface area contributed by atoms with Crippen molar-refractivity contribution in [2.45, 2.75) is 33.1 Å². The highest BCUT2D eigenvalue weighted by atomic mass is 16.7. The molecule has 0 aliphatic rings. The molecule has 98 valence electrons. The van der Waals surface area contributed by atoms with Crippen LogP contribution in [0.3, 0.4) is 0 Å². The first-order valence-corrected chi connectivity index (χ1v) is 6.36. The summed E-state index contributed by atoms with van der Waals surface area (Å²) in [5.41, 5.74) is 1.84. The molecule has 0 fully saturated rings. The van der Waals surface area contributed by atoms with E-state index in [0.717, 1.165) is 17.5 Å². The van der Waals surface area contributed by atoms with Crippen LogP contribution in [0.15, 0.2) is 24.3 Å². The van der Waals surface area contributed by atoms with Crippen molar-refractivity contribution in [3.8, 4) is 0 Å². The first-order chi connectivity index (χ1) is 8.83. The minimum Gasteiger partial charge on any atom is -0.353 e. The molecule has 0 aliphatic carbocycles. The number of aryl methyl sites for hydroxylation is 1. The second kappa shape index (κ2) is 6.47. The zero-order chi connectivity index (χ0) is 12.8. The molecule has 1 aromatic heterocycles. The van der Waals surface area contributed by atoms with Crippen molar-refractivity contribution in [2.24, 2.45) is 0 Å². The quantitative estimate of drug-likeness (QED) is 0.706. The Kier molecular flexibility index (Phi) is 4.66. The first kappa shape index (κ1) is 13.0. The lowest BCUT2D eigenvalue weighted by Crippen LogP contribution is -2.20. The highest BCUT2D eigenvalue weighted by Crippen LogP contribution is 2.08. The molecule has 5 nitrogen and oxygen atoms in total. The van der Waals surface area contributed by atoms with Gasteiger partial charge in [-0.1, -0.05) is 12.1 Å². The molecule has 0 bridgehead atoms.